The third kappa shape index (κ3) is 7.75. The van der Waals surface area contributed by atoms with Crippen molar-refractivity contribution in [2.75, 3.05) is 19.9 Å². The van der Waals surface area contributed by atoms with E-state index in [1.165, 1.54) is 0 Å². The highest BCUT2D eigenvalue weighted by Gasteiger charge is 2.25. The monoisotopic (exact) mass is 631 g/mol. The van der Waals surface area contributed by atoms with Crippen molar-refractivity contribution in [2.24, 2.45) is 0 Å². The van der Waals surface area contributed by atoms with Gasteiger partial charge in [-0.25, -0.2) is 18.1 Å². The number of benzene rings is 2. The van der Waals surface area contributed by atoms with Crippen molar-refractivity contribution in [3.05, 3.63) is 71.6 Å². The first-order chi connectivity index (χ1) is 21.0. The van der Waals surface area contributed by atoms with Gasteiger partial charge in [0.1, 0.15) is 28.5 Å². The van der Waals surface area contributed by atoms with E-state index in [4.69, 9.17) is 23.6 Å². The second-order valence-electron chi connectivity index (χ2n) is 13.2. The predicted molar refractivity (Wildman–Crippen MR) is 177 cm³/mol. The van der Waals surface area contributed by atoms with Crippen molar-refractivity contribution in [1.82, 2.24) is 14.7 Å². The van der Waals surface area contributed by atoms with E-state index >= 15 is 0 Å². The van der Waals surface area contributed by atoms with Crippen molar-refractivity contribution in [3.63, 3.8) is 0 Å². The predicted octanol–water partition coefficient (Wildman–Crippen LogP) is 7.23. The van der Waals surface area contributed by atoms with E-state index < -0.39 is 21.2 Å². The first-order valence-electron chi connectivity index (χ1n) is 14.8. The summed E-state index contributed by atoms with van der Waals surface area (Å²) in [5.74, 6) is 2.50. The van der Waals surface area contributed by atoms with Crippen molar-refractivity contribution in [3.8, 4) is 51.2 Å². The summed E-state index contributed by atoms with van der Waals surface area (Å²) in [6.45, 7) is 13.9. The van der Waals surface area contributed by atoms with Gasteiger partial charge in [0.25, 0.3) is 0 Å². The average Bonchev–Trinajstić information content (AvgIpc) is 3.54. The van der Waals surface area contributed by atoms with Gasteiger partial charge >= 0.3 is 6.01 Å². The van der Waals surface area contributed by atoms with Crippen LogP contribution in [-0.2, 0) is 16.4 Å². The van der Waals surface area contributed by atoms with Gasteiger partial charge in [-0.15, -0.1) is 0 Å². The number of nitrogens with one attached hydrogen (secondary N) is 1. The summed E-state index contributed by atoms with van der Waals surface area (Å²) in [5, 5.41) is 0. The lowest BCUT2D eigenvalue weighted by Crippen LogP contribution is -2.26. The summed E-state index contributed by atoms with van der Waals surface area (Å²) >= 11 is 0. The molecule has 0 unspecified atom stereocenters. The second-order valence-corrected chi connectivity index (χ2v) is 15.0. The minimum Gasteiger partial charge on any atom is -0.495 e. The Kier molecular flexibility index (Phi) is 8.59. The molecule has 0 saturated carbocycles. The fraction of sp³-hybridized carbons (Fsp3) is 0.371. The molecule has 2 heterocycles. The highest BCUT2D eigenvalue weighted by Crippen LogP contribution is 2.45. The molecule has 0 aliphatic heterocycles. The number of aryl methyl sites for hydroxylation is 1. The zero-order valence-electron chi connectivity index (χ0n) is 27.4. The summed E-state index contributed by atoms with van der Waals surface area (Å²) in [6.07, 6.45) is 5.65. The van der Waals surface area contributed by atoms with E-state index in [1.54, 1.807) is 13.3 Å². The van der Waals surface area contributed by atoms with Crippen molar-refractivity contribution < 1.29 is 27.0 Å². The topological polar surface area (TPSA) is 113 Å². The van der Waals surface area contributed by atoms with E-state index in [9.17, 15) is 8.42 Å². The van der Waals surface area contributed by atoms with Crippen LogP contribution in [0.25, 0.3) is 39.2 Å². The molecule has 1 N–H and O–H groups in total. The van der Waals surface area contributed by atoms with Gasteiger partial charge in [-0.05, 0) is 107 Å². The maximum Gasteiger partial charge on any atom is 0.320 e. The normalized spacial score (nSPS) is 13.4. The van der Waals surface area contributed by atoms with Gasteiger partial charge in [0.05, 0.1) is 24.5 Å². The first kappa shape index (κ1) is 32.2. The molecular formula is C35H41N3O6S. The van der Waals surface area contributed by atoms with Crippen LogP contribution < -0.4 is 18.9 Å². The number of hydrogen-bond donors (Lipinski definition) is 1. The van der Waals surface area contributed by atoms with E-state index in [-0.39, 0.29) is 12.6 Å². The summed E-state index contributed by atoms with van der Waals surface area (Å²) < 4.78 is 50.5. The van der Waals surface area contributed by atoms with Gasteiger partial charge in [0.15, 0.2) is 0 Å². The molecule has 2 aromatic heterocycles. The van der Waals surface area contributed by atoms with Gasteiger partial charge < -0.3 is 18.6 Å². The lowest BCUT2D eigenvalue weighted by Gasteiger charge is -2.24. The lowest BCUT2D eigenvalue weighted by molar-refractivity contribution is 0.103. The Morgan fingerprint density at radius 2 is 1.60 bits per heavy atom. The van der Waals surface area contributed by atoms with Crippen LogP contribution >= 0.6 is 0 Å². The molecule has 0 bridgehead atoms. The number of furan rings is 1. The molecule has 10 heteroatoms. The van der Waals surface area contributed by atoms with Gasteiger partial charge in [0.2, 0.25) is 15.9 Å². The standard InChI is InChI=1S/C35H41N3O6S/c1-21-10-15-30(42-21)28-18-25(29-20-36-33(44-35(5,6)7)38-32(29)43-34(2,3)4)17-27(31(28)41-8)23-13-14-26-22(16-23)11-12-24(26)19-37-45(9,39)40/h10,12-18,20,37H,11,19H2,1-9H3. The Bertz CT molecular complexity index is 1880. The van der Waals surface area contributed by atoms with Crippen molar-refractivity contribution >= 4 is 15.6 Å². The van der Waals surface area contributed by atoms with Gasteiger partial charge in [-0.2, -0.15) is 4.98 Å². The highest BCUT2D eigenvalue weighted by molar-refractivity contribution is 7.88. The smallest absolute Gasteiger partial charge is 0.320 e. The number of methoxy groups -OCH3 is 1. The van der Waals surface area contributed by atoms with E-state index in [0.29, 0.717) is 29.4 Å². The molecule has 9 nitrogen and oxygen atoms in total. The Hall–Kier alpha value is -4.15. The number of hydrogen-bond acceptors (Lipinski definition) is 8. The second kappa shape index (κ2) is 12.0. The Morgan fingerprint density at radius 1 is 0.889 bits per heavy atom. The van der Waals surface area contributed by atoms with Crippen LogP contribution in [-0.4, -0.2) is 49.5 Å². The van der Waals surface area contributed by atoms with E-state index in [2.05, 4.69) is 21.8 Å². The molecule has 238 valence electrons. The zero-order valence-corrected chi connectivity index (χ0v) is 28.2. The largest absolute Gasteiger partial charge is 0.495 e. The molecule has 0 fully saturated rings. The minimum atomic E-state index is -3.31. The molecule has 2 aromatic carbocycles. The molecule has 0 spiro atoms. The number of ether oxygens (including phenoxy) is 3. The molecule has 0 atom stereocenters. The van der Waals surface area contributed by atoms with Gasteiger partial charge in [0, 0.05) is 18.3 Å². The van der Waals surface area contributed by atoms with Crippen LogP contribution in [0.5, 0.6) is 17.6 Å². The maximum absolute atomic E-state index is 11.7. The van der Waals surface area contributed by atoms with E-state index in [0.717, 1.165) is 51.0 Å². The maximum atomic E-state index is 11.7. The van der Waals surface area contributed by atoms with Gasteiger partial charge in [-0.1, -0.05) is 24.3 Å². The molecule has 1 aliphatic carbocycles. The molecule has 4 aromatic rings. The number of allylic oxidation sites excluding steroid dienone is 1. The SMILES string of the molecule is COc1c(-c2ccc3c(c2)CC=C3CNS(C)(=O)=O)cc(-c2cnc(OC(C)(C)C)nc2OC(C)(C)C)cc1-c1ccc(C)o1. The third-order valence-electron chi connectivity index (χ3n) is 7.00. The fourth-order valence-corrected chi connectivity index (χ4v) is 5.60. The van der Waals surface area contributed by atoms with Crippen LogP contribution in [0.2, 0.25) is 0 Å². The average molecular weight is 632 g/mol. The summed E-state index contributed by atoms with van der Waals surface area (Å²) in [5.41, 5.74) is 6.12. The third-order valence-corrected chi connectivity index (χ3v) is 7.67. The fourth-order valence-electron chi connectivity index (χ4n) is 5.18. The molecule has 5 rings (SSSR count). The quantitative estimate of drug-likeness (QED) is 0.206. The first-order valence-corrected chi connectivity index (χ1v) is 16.7. The molecule has 0 saturated heterocycles. The molecule has 45 heavy (non-hydrogen) atoms. The summed E-state index contributed by atoms with van der Waals surface area (Å²) in [6, 6.07) is 14.3. The zero-order chi connectivity index (χ0) is 32.7. The minimum absolute atomic E-state index is 0.230. The number of rotatable bonds is 9. The van der Waals surface area contributed by atoms with Crippen LogP contribution in [0.15, 0.2) is 59.2 Å². The van der Waals surface area contributed by atoms with Crippen LogP contribution in [0.4, 0.5) is 0 Å². The van der Waals surface area contributed by atoms with Gasteiger partial charge in [-0.3, -0.25) is 0 Å². The molecule has 0 radical (unpaired) electrons. The summed E-state index contributed by atoms with van der Waals surface area (Å²) in [7, 11) is -1.66. The number of aromatic nitrogens is 2. The number of nitrogens with zero attached hydrogens (tertiary/aromatic N) is 2. The van der Waals surface area contributed by atoms with Crippen molar-refractivity contribution in [1.29, 1.82) is 0 Å². The summed E-state index contributed by atoms with van der Waals surface area (Å²) in [4.78, 5) is 9.24. The van der Waals surface area contributed by atoms with Crippen molar-refractivity contribution in [2.45, 2.75) is 66.1 Å². The Balaban J connectivity index is 1.67. The molecule has 0 amide bonds. The Morgan fingerprint density at radius 3 is 2.22 bits per heavy atom. The Labute approximate surface area is 265 Å². The highest BCUT2D eigenvalue weighted by atomic mass is 32.2. The van der Waals surface area contributed by atoms with Crippen LogP contribution in [0, 0.1) is 6.92 Å². The molecular weight excluding hydrogens is 590 g/mol. The van der Waals surface area contributed by atoms with Crippen LogP contribution in [0.3, 0.4) is 0 Å². The number of fused-ring (bicyclic) bond motifs is 1. The molecule has 1 aliphatic rings. The number of sulfonamides is 1. The van der Waals surface area contributed by atoms with Crippen LogP contribution in [0.1, 0.15) is 58.4 Å². The lowest BCUT2D eigenvalue weighted by atomic mass is 9.92. The van der Waals surface area contributed by atoms with E-state index in [1.807, 2.05) is 84.9 Å².